The van der Waals surface area contributed by atoms with Gasteiger partial charge in [-0.3, -0.25) is 14.9 Å². The number of rotatable bonds is 7. The molecule has 3 aromatic heterocycles. The summed E-state index contributed by atoms with van der Waals surface area (Å²) in [5.74, 6) is -0.252. The molecular formula is C21H23N7O. The first-order valence-electron chi connectivity index (χ1n) is 9.47. The van der Waals surface area contributed by atoms with Crippen LogP contribution in [0.3, 0.4) is 0 Å². The quantitative estimate of drug-likeness (QED) is 0.507. The van der Waals surface area contributed by atoms with Gasteiger partial charge in [0.2, 0.25) is 0 Å². The van der Waals surface area contributed by atoms with E-state index in [1.807, 2.05) is 36.7 Å². The van der Waals surface area contributed by atoms with Crippen LogP contribution in [0.1, 0.15) is 16.9 Å². The summed E-state index contributed by atoms with van der Waals surface area (Å²) in [5.41, 5.74) is 4.52. The van der Waals surface area contributed by atoms with Gasteiger partial charge in [0.1, 0.15) is 5.69 Å². The second-order valence-corrected chi connectivity index (χ2v) is 7.16. The molecule has 0 saturated carbocycles. The lowest BCUT2D eigenvalue weighted by Gasteiger charge is -2.10. The molecule has 0 aliphatic heterocycles. The largest absolute Gasteiger partial charge is 0.331 e. The Morgan fingerprint density at radius 2 is 2.14 bits per heavy atom. The second kappa shape index (κ2) is 8.24. The molecule has 8 nitrogen and oxygen atoms in total. The van der Waals surface area contributed by atoms with Gasteiger partial charge in [-0.2, -0.15) is 5.10 Å². The topological polar surface area (TPSA) is 91.7 Å². The number of amides is 1. The molecule has 1 amide bonds. The van der Waals surface area contributed by atoms with Crippen LogP contribution in [0.25, 0.3) is 22.3 Å². The van der Waals surface area contributed by atoms with Crippen molar-refractivity contribution in [2.24, 2.45) is 0 Å². The highest BCUT2D eigenvalue weighted by Gasteiger charge is 2.12. The van der Waals surface area contributed by atoms with Gasteiger partial charge in [-0.1, -0.05) is 0 Å². The van der Waals surface area contributed by atoms with Crippen LogP contribution < -0.4 is 5.32 Å². The van der Waals surface area contributed by atoms with Crippen LogP contribution in [0.4, 0.5) is 5.69 Å². The van der Waals surface area contributed by atoms with Crippen molar-refractivity contribution in [2.75, 3.05) is 26.0 Å². The zero-order chi connectivity index (χ0) is 20.2. The maximum Gasteiger partial charge on any atom is 0.273 e. The van der Waals surface area contributed by atoms with Gasteiger partial charge >= 0.3 is 0 Å². The number of hydrogen-bond donors (Lipinski definition) is 2. The average molecular weight is 389 g/mol. The number of carbonyl (C=O) groups is 1. The molecule has 1 aromatic carbocycles. The Balaban J connectivity index is 1.45. The van der Waals surface area contributed by atoms with Gasteiger partial charge in [-0.15, -0.1) is 0 Å². The number of aromatic amines is 1. The summed E-state index contributed by atoms with van der Waals surface area (Å²) in [6, 6.07) is 11.2. The van der Waals surface area contributed by atoms with Crippen LogP contribution >= 0.6 is 0 Å². The summed E-state index contributed by atoms with van der Waals surface area (Å²) in [6.45, 7) is 1.94. The van der Waals surface area contributed by atoms with Crippen molar-refractivity contribution >= 4 is 22.6 Å². The molecule has 0 fully saturated rings. The number of aromatic nitrogens is 5. The lowest BCUT2D eigenvalue weighted by atomic mass is 10.2. The van der Waals surface area contributed by atoms with Gasteiger partial charge in [0.25, 0.3) is 5.91 Å². The molecule has 29 heavy (non-hydrogen) atoms. The van der Waals surface area contributed by atoms with Crippen molar-refractivity contribution < 1.29 is 4.79 Å². The zero-order valence-corrected chi connectivity index (χ0v) is 16.5. The van der Waals surface area contributed by atoms with E-state index in [0.717, 1.165) is 36.1 Å². The Morgan fingerprint density at radius 3 is 2.93 bits per heavy atom. The van der Waals surface area contributed by atoms with Crippen LogP contribution in [-0.2, 0) is 6.54 Å². The molecule has 2 N–H and O–H groups in total. The first-order chi connectivity index (χ1) is 14.1. The van der Waals surface area contributed by atoms with E-state index in [1.165, 1.54) is 0 Å². The van der Waals surface area contributed by atoms with Crippen molar-refractivity contribution in [3.05, 3.63) is 60.8 Å². The molecule has 0 atom stereocenters. The van der Waals surface area contributed by atoms with Gasteiger partial charge in [-0.25, -0.2) is 4.98 Å². The number of anilines is 1. The number of pyridine rings is 1. The van der Waals surface area contributed by atoms with E-state index < -0.39 is 0 Å². The molecule has 4 aromatic rings. The SMILES string of the molecule is CN(C)CCCn1cnc2cc(NC(=O)c3cc(-c4cccnc4)n[nH]3)ccc21. The molecule has 0 aliphatic carbocycles. The number of imidazole rings is 1. The van der Waals surface area contributed by atoms with E-state index in [1.54, 1.807) is 18.5 Å². The van der Waals surface area contributed by atoms with E-state index in [4.69, 9.17) is 0 Å². The highest BCUT2D eigenvalue weighted by molar-refractivity contribution is 6.04. The predicted molar refractivity (Wildman–Crippen MR) is 113 cm³/mol. The summed E-state index contributed by atoms with van der Waals surface area (Å²) < 4.78 is 2.14. The van der Waals surface area contributed by atoms with Gasteiger partial charge in [0.05, 0.1) is 23.1 Å². The Morgan fingerprint density at radius 1 is 1.24 bits per heavy atom. The van der Waals surface area contributed by atoms with Crippen molar-refractivity contribution in [1.29, 1.82) is 0 Å². The molecule has 3 heterocycles. The highest BCUT2D eigenvalue weighted by atomic mass is 16.1. The lowest BCUT2D eigenvalue weighted by Crippen LogP contribution is -2.14. The first kappa shape index (κ1) is 18.8. The number of hydrogen-bond acceptors (Lipinski definition) is 5. The van der Waals surface area contributed by atoms with E-state index in [0.29, 0.717) is 17.1 Å². The molecule has 0 aliphatic rings. The standard InChI is InChI=1S/C21H23N7O/c1-27(2)9-4-10-28-14-23-18-11-16(6-7-20(18)28)24-21(29)19-12-17(25-26-19)15-5-3-8-22-13-15/h3,5-8,11-14H,4,9-10H2,1-2H3,(H,24,29)(H,25,26). The zero-order valence-electron chi connectivity index (χ0n) is 16.5. The smallest absolute Gasteiger partial charge is 0.273 e. The summed E-state index contributed by atoms with van der Waals surface area (Å²) in [5, 5.41) is 9.88. The van der Waals surface area contributed by atoms with E-state index in [9.17, 15) is 4.79 Å². The van der Waals surface area contributed by atoms with Crippen molar-refractivity contribution in [3.8, 4) is 11.3 Å². The predicted octanol–water partition coefficient (Wildman–Crippen LogP) is 3.03. The van der Waals surface area contributed by atoms with Crippen LogP contribution in [0, 0.1) is 0 Å². The number of aryl methyl sites for hydroxylation is 1. The molecule has 0 saturated heterocycles. The van der Waals surface area contributed by atoms with Crippen LogP contribution in [0.2, 0.25) is 0 Å². The Hall–Kier alpha value is -3.52. The number of fused-ring (bicyclic) bond motifs is 1. The van der Waals surface area contributed by atoms with Gasteiger partial charge in [0, 0.05) is 30.2 Å². The minimum absolute atomic E-state index is 0.252. The lowest BCUT2D eigenvalue weighted by molar-refractivity contribution is 0.102. The molecule has 0 bridgehead atoms. The molecule has 0 unspecified atom stereocenters. The number of H-pyrrole nitrogens is 1. The maximum absolute atomic E-state index is 12.6. The molecular weight excluding hydrogens is 366 g/mol. The molecule has 4 rings (SSSR count). The summed E-state index contributed by atoms with van der Waals surface area (Å²) in [6.07, 6.45) is 6.31. The summed E-state index contributed by atoms with van der Waals surface area (Å²) in [7, 11) is 4.14. The Bertz CT molecular complexity index is 1110. The number of carbonyl (C=O) groups excluding carboxylic acids is 1. The average Bonchev–Trinajstić information content (AvgIpc) is 3.36. The Labute approximate surface area is 168 Å². The van der Waals surface area contributed by atoms with Crippen LogP contribution in [0.15, 0.2) is 55.1 Å². The first-order valence-corrected chi connectivity index (χ1v) is 9.47. The fraction of sp³-hybridized carbons (Fsp3) is 0.238. The van der Waals surface area contributed by atoms with Crippen molar-refractivity contribution in [3.63, 3.8) is 0 Å². The number of nitrogens with zero attached hydrogens (tertiary/aromatic N) is 5. The van der Waals surface area contributed by atoms with E-state index in [2.05, 4.69) is 49.0 Å². The van der Waals surface area contributed by atoms with Crippen LogP contribution in [-0.4, -0.2) is 56.2 Å². The third kappa shape index (κ3) is 4.33. The summed E-state index contributed by atoms with van der Waals surface area (Å²) >= 11 is 0. The third-order valence-electron chi connectivity index (χ3n) is 4.66. The third-order valence-corrected chi connectivity index (χ3v) is 4.66. The van der Waals surface area contributed by atoms with E-state index in [-0.39, 0.29) is 5.91 Å². The normalized spacial score (nSPS) is 11.3. The van der Waals surface area contributed by atoms with Crippen LogP contribution in [0.5, 0.6) is 0 Å². The second-order valence-electron chi connectivity index (χ2n) is 7.16. The Kier molecular flexibility index (Phi) is 5.35. The monoisotopic (exact) mass is 389 g/mol. The fourth-order valence-electron chi connectivity index (χ4n) is 3.18. The highest BCUT2D eigenvalue weighted by Crippen LogP contribution is 2.20. The summed E-state index contributed by atoms with van der Waals surface area (Å²) in [4.78, 5) is 23.3. The minimum atomic E-state index is -0.252. The molecule has 0 radical (unpaired) electrons. The van der Waals surface area contributed by atoms with Gasteiger partial charge in [0.15, 0.2) is 0 Å². The van der Waals surface area contributed by atoms with Crippen molar-refractivity contribution in [1.82, 2.24) is 29.6 Å². The van der Waals surface area contributed by atoms with Gasteiger partial charge < -0.3 is 14.8 Å². The fourth-order valence-corrected chi connectivity index (χ4v) is 3.18. The van der Waals surface area contributed by atoms with Crippen molar-refractivity contribution in [2.45, 2.75) is 13.0 Å². The maximum atomic E-state index is 12.6. The number of nitrogens with one attached hydrogen (secondary N) is 2. The van der Waals surface area contributed by atoms with Gasteiger partial charge in [-0.05, 0) is 63.5 Å². The number of benzene rings is 1. The minimum Gasteiger partial charge on any atom is -0.331 e. The van der Waals surface area contributed by atoms with E-state index >= 15 is 0 Å². The molecule has 8 heteroatoms. The molecule has 0 spiro atoms. The molecule has 148 valence electrons.